The summed E-state index contributed by atoms with van der Waals surface area (Å²) in [7, 11) is 0. The maximum atomic E-state index is 13.5. The van der Waals surface area contributed by atoms with Crippen LogP contribution < -0.4 is 4.74 Å². The molecule has 2 aromatic heterocycles. The summed E-state index contributed by atoms with van der Waals surface area (Å²) in [6, 6.07) is 21.0. The van der Waals surface area contributed by atoms with Gasteiger partial charge in [0.15, 0.2) is 12.2 Å². The van der Waals surface area contributed by atoms with Crippen LogP contribution in [0.1, 0.15) is 29.8 Å². The van der Waals surface area contributed by atoms with Crippen molar-refractivity contribution in [3.63, 3.8) is 0 Å². The highest BCUT2D eigenvalue weighted by Crippen LogP contribution is 2.33. The zero-order chi connectivity index (χ0) is 35.5. The molecule has 51 heavy (non-hydrogen) atoms. The minimum absolute atomic E-state index is 0.0415. The molecule has 1 unspecified atom stereocenters. The lowest BCUT2D eigenvalue weighted by atomic mass is 9.98. The van der Waals surface area contributed by atoms with Gasteiger partial charge >= 0.3 is 18.3 Å². The standard InChI is InChI=1S/C34H32N6O11/c1-3-45-32-35-24-10-6-9-23(31(41)48-18(2)49-34(44)51-26-17-47-28-25(50-33(42)43)16-46-29(26)28)27(24)40(32)15-19-11-13-20(14-12-19)21-7-4-5-8-22(21)30-36-38-39-37-30/h4-14,18,25-26,28-29H,3,15-17H2,1-2H3,(H,42,43)(H,36,37,38,39)/t18?,25-,26-,28+,29+/m0/s1. The van der Waals surface area contributed by atoms with E-state index in [9.17, 15) is 14.4 Å². The lowest BCUT2D eigenvalue weighted by molar-refractivity contribution is -0.0988. The Labute approximate surface area is 289 Å². The highest BCUT2D eigenvalue weighted by molar-refractivity contribution is 6.02. The molecule has 2 aliphatic heterocycles. The molecule has 0 saturated carbocycles. The highest BCUT2D eigenvalue weighted by atomic mass is 16.8. The summed E-state index contributed by atoms with van der Waals surface area (Å²) < 4.78 is 39.5. The van der Waals surface area contributed by atoms with Crippen LogP contribution in [0.3, 0.4) is 0 Å². The van der Waals surface area contributed by atoms with Gasteiger partial charge < -0.3 is 38.3 Å². The number of hydrogen-bond acceptors (Lipinski definition) is 14. The second-order valence-corrected chi connectivity index (χ2v) is 11.6. The van der Waals surface area contributed by atoms with Crippen molar-refractivity contribution in [1.29, 1.82) is 0 Å². The maximum absolute atomic E-state index is 13.5. The van der Waals surface area contributed by atoms with Crippen LogP contribution in [0, 0.1) is 0 Å². The summed E-state index contributed by atoms with van der Waals surface area (Å²) in [6.45, 7) is 3.77. The zero-order valence-corrected chi connectivity index (χ0v) is 27.3. The first kappa shape index (κ1) is 33.4. The van der Waals surface area contributed by atoms with Gasteiger partial charge in [-0.15, -0.1) is 10.2 Å². The smallest absolute Gasteiger partial charge is 0.465 e. The number of H-pyrrole nitrogens is 1. The molecule has 0 aliphatic carbocycles. The lowest BCUT2D eigenvalue weighted by Gasteiger charge is -2.19. The summed E-state index contributed by atoms with van der Waals surface area (Å²) >= 11 is 0. The van der Waals surface area contributed by atoms with E-state index in [1.807, 2.05) is 55.5 Å². The van der Waals surface area contributed by atoms with Crippen molar-refractivity contribution in [1.82, 2.24) is 30.2 Å². The third kappa shape index (κ3) is 7.01. The molecule has 17 nitrogen and oxygen atoms in total. The van der Waals surface area contributed by atoms with E-state index >= 15 is 0 Å². The number of carbonyl (C=O) groups excluding carboxylic acids is 2. The minimum Gasteiger partial charge on any atom is -0.465 e. The number of carboxylic acid groups (broad SMARTS) is 1. The fourth-order valence-electron chi connectivity index (χ4n) is 6.18. The number of nitrogens with zero attached hydrogens (tertiary/aromatic N) is 5. The number of aromatic nitrogens is 6. The van der Waals surface area contributed by atoms with E-state index < -0.39 is 49.0 Å². The Balaban J connectivity index is 1.05. The van der Waals surface area contributed by atoms with Gasteiger partial charge in [-0.1, -0.05) is 54.6 Å². The summed E-state index contributed by atoms with van der Waals surface area (Å²) in [6.07, 6.45) is -7.10. The third-order valence-corrected chi connectivity index (χ3v) is 8.34. The van der Waals surface area contributed by atoms with Gasteiger partial charge in [-0.2, -0.15) is 10.2 Å². The molecule has 2 saturated heterocycles. The molecule has 3 aromatic carbocycles. The number of rotatable bonds is 11. The number of tetrazole rings is 1. The van der Waals surface area contributed by atoms with E-state index in [0.29, 0.717) is 36.0 Å². The zero-order valence-electron chi connectivity index (χ0n) is 27.3. The molecule has 5 aromatic rings. The van der Waals surface area contributed by atoms with E-state index in [4.69, 9.17) is 38.3 Å². The van der Waals surface area contributed by atoms with E-state index in [0.717, 1.165) is 22.3 Å². The molecule has 17 heteroatoms. The first-order valence-electron chi connectivity index (χ1n) is 16.0. The van der Waals surface area contributed by atoms with Gasteiger partial charge in [-0.3, -0.25) is 4.57 Å². The summed E-state index contributed by atoms with van der Waals surface area (Å²) in [5, 5.41) is 23.3. The number of esters is 1. The minimum atomic E-state index is -1.46. The molecule has 0 bridgehead atoms. The summed E-state index contributed by atoms with van der Waals surface area (Å²) in [4.78, 5) is 41.7. The quantitative estimate of drug-likeness (QED) is 0.112. The fraction of sp³-hybridized carbons (Fsp3) is 0.324. The van der Waals surface area contributed by atoms with E-state index in [1.165, 1.54) is 6.92 Å². The van der Waals surface area contributed by atoms with Gasteiger partial charge in [0, 0.05) is 12.5 Å². The van der Waals surface area contributed by atoms with Crippen LogP contribution in [0.15, 0.2) is 66.7 Å². The van der Waals surface area contributed by atoms with Gasteiger partial charge in [0.05, 0.1) is 43.0 Å². The second-order valence-electron chi connectivity index (χ2n) is 11.6. The maximum Gasteiger partial charge on any atom is 0.511 e. The molecular weight excluding hydrogens is 668 g/mol. The van der Waals surface area contributed by atoms with Crippen LogP contribution in [-0.4, -0.2) is 104 Å². The number of carbonyl (C=O) groups is 3. The van der Waals surface area contributed by atoms with Crippen molar-refractivity contribution < 1.29 is 52.6 Å². The van der Waals surface area contributed by atoms with Gasteiger partial charge in [-0.05, 0) is 41.0 Å². The number of benzene rings is 3. The molecule has 0 amide bonds. The number of nitrogens with one attached hydrogen (secondary N) is 1. The second kappa shape index (κ2) is 14.4. The molecule has 2 N–H and O–H groups in total. The van der Waals surface area contributed by atoms with Crippen molar-refractivity contribution in [2.24, 2.45) is 0 Å². The topological polar surface area (TPSA) is 208 Å². The van der Waals surface area contributed by atoms with Gasteiger partial charge in [0.1, 0.15) is 12.2 Å². The van der Waals surface area contributed by atoms with Crippen LogP contribution >= 0.6 is 0 Å². The molecule has 2 aliphatic rings. The van der Waals surface area contributed by atoms with Crippen molar-refractivity contribution in [3.8, 4) is 28.5 Å². The Morgan fingerprint density at radius 3 is 2.35 bits per heavy atom. The number of para-hydroxylation sites is 1. The summed E-state index contributed by atoms with van der Waals surface area (Å²) in [5.74, 6) is -0.282. The Morgan fingerprint density at radius 2 is 1.67 bits per heavy atom. The van der Waals surface area contributed by atoms with Crippen LogP contribution in [-0.2, 0) is 35.0 Å². The Kier molecular flexibility index (Phi) is 9.45. The van der Waals surface area contributed by atoms with Gasteiger partial charge in [0.25, 0.3) is 6.01 Å². The third-order valence-electron chi connectivity index (χ3n) is 8.34. The van der Waals surface area contributed by atoms with E-state index in [1.54, 1.807) is 22.8 Å². The number of hydrogen-bond donors (Lipinski definition) is 2. The number of aromatic amines is 1. The fourth-order valence-corrected chi connectivity index (χ4v) is 6.18. The van der Waals surface area contributed by atoms with Crippen molar-refractivity contribution in [2.75, 3.05) is 19.8 Å². The number of imidazole rings is 1. The van der Waals surface area contributed by atoms with Gasteiger partial charge in [0.2, 0.25) is 12.1 Å². The SMILES string of the molecule is CCOc1nc2cccc(C(=O)OC(C)OC(=O)O[C@H]3CO[C@H]4[C@@H]3OC[C@@H]4OC(=O)O)c2n1Cc1ccc(-c2ccccc2-c2nn[nH]n2)cc1. The molecule has 264 valence electrons. The van der Waals surface area contributed by atoms with E-state index in [-0.39, 0.29) is 18.8 Å². The highest BCUT2D eigenvalue weighted by Gasteiger charge is 2.51. The Hall–Kier alpha value is -6.07. The Bertz CT molecular complexity index is 2030. The average Bonchev–Trinajstić information content (AvgIpc) is 3.92. The van der Waals surface area contributed by atoms with Crippen molar-refractivity contribution in [2.45, 2.75) is 51.1 Å². The predicted molar refractivity (Wildman–Crippen MR) is 174 cm³/mol. The van der Waals surface area contributed by atoms with Gasteiger partial charge in [-0.25, -0.2) is 14.4 Å². The van der Waals surface area contributed by atoms with Crippen molar-refractivity contribution >= 4 is 29.3 Å². The Morgan fingerprint density at radius 1 is 0.941 bits per heavy atom. The molecule has 0 spiro atoms. The first-order valence-corrected chi connectivity index (χ1v) is 16.0. The normalized spacial score (nSPS) is 20.0. The molecule has 4 heterocycles. The predicted octanol–water partition coefficient (Wildman–Crippen LogP) is 4.22. The van der Waals surface area contributed by atoms with Crippen LogP contribution in [0.25, 0.3) is 33.5 Å². The molecule has 2 fully saturated rings. The van der Waals surface area contributed by atoms with Crippen molar-refractivity contribution in [3.05, 3.63) is 77.9 Å². The van der Waals surface area contributed by atoms with Crippen LogP contribution in [0.2, 0.25) is 0 Å². The molecule has 0 radical (unpaired) electrons. The lowest BCUT2D eigenvalue weighted by Crippen LogP contribution is -2.36. The molecule has 7 rings (SSSR count). The number of fused-ring (bicyclic) bond motifs is 2. The van der Waals surface area contributed by atoms with E-state index in [2.05, 4.69) is 25.6 Å². The largest absolute Gasteiger partial charge is 0.511 e. The van der Waals surface area contributed by atoms with Crippen LogP contribution in [0.5, 0.6) is 6.01 Å². The molecular formula is C34H32N6O11. The van der Waals surface area contributed by atoms with Crippen LogP contribution in [0.4, 0.5) is 9.59 Å². The number of ether oxygens (including phenoxy) is 7. The monoisotopic (exact) mass is 700 g/mol. The first-order chi connectivity index (χ1) is 24.8. The molecule has 5 atom stereocenters. The summed E-state index contributed by atoms with van der Waals surface area (Å²) in [5.41, 5.74) is 4.77. The average molecular weight is 701 g/mol.